The van der Waals surface area contributed by atoms with E-state index in [1.165, 1.54) is 83.5 Å². The molecule has 0 fully saturated rings. The van der Waals surface area contributed by atoms with Crippen molar-refractivity contribution in [2.75, 3.05) is 13.7 Å². The highest BCUT2D eigenvalue weighted by molar-refractivity contribution is 4.49. The molecule has 0 saturated carbocycles. The zero-order valence-corrected chi connectivity index (χ0v) is 13.4. The molecular formula is C17H36O2. The monoisotopic (exact) mass is 272 g/mol. The fourth-order valence-electron chi connectivity index (χ4n) is 2.44. The van der Waals surface area contributed by atoms with Gasteiger partial charge in [0.15, 0.2) is 0 Å². The second-order valence-corrected chi connectivity index (χ2v) is 5.58. The van der Waals surface area contributed by atoms with Crippen molar-refractivity contribution < 1.29 is 9.78 Å². The fraction of sp³-hybridized carbons (Fsp3) is 1.00. The second-order valence-electron chi connectivity index (χ2n) is 5.58. The van der Waals surface area contributed by atoms with E-state index in [0.29, 0.717) is 0 Å². The van der Waals surface area contributed by atoms with E-state index in [-0.39, 0.29) is 0 Å². The van der Waals surface area contributed by atoms with Crippen LogP contribution in [0, 0.1) is 0 Å². The van der Waals surface area contributed by atoms with Gasteiger partial charge in [0.05, 0.1) is 13.7 Å². The number of hydrogen-bond acceptors (Lipinski definition) is 2. The SMILES string of the molecule is CCCCCCCCCCCCCCCCOOC. The fourth-order valence-corrected chi connectivity index (χ4v) is 2.44. The minimum atomic E-state index is 0.745. The highest BCUT2D eigenvalue weighted by Crippen LogP contribution is 2.12. The van der Waals surface area contributed by atoms with Crippen molar-refractivity contribution in [2.24, 2.45) is 0 Å². The van der Waals surface area contributed by atoms with Crippen molar-refractivity contribution in [3.05, 3.63) is 0 Å². The van der Waals surface area contributed by atoms with Crippen molar-refractivity contribution in [1.29, 1.82) is 0 Å². The summed E-state index contributed by atoms with van der Waals surface area (Å²) in [6.45, 7) is 3.03. The average Bonchev–Trinajstić information content (AvgIpc) is 2.43. The van der Waals surface area contributed by atoms with Gasteiger partial charge in [0.25, 0.3) is 0 Å². The van der Waals surface area contributed by atoms with Gasteiger partial charge in [0, 0.05) is 0 Å². The van der Waals surface area contributed by atoms with Gasteiger partial charge in [-0.15, -0.1) is 0 Å². The number of rotatable bonds is 16. The summed E-state index contributed by atoms with van der Waals surface area (Å²) in [4.78, 5) is 9.40. The maximum absolute atomic E-state index is 4.84. The summed E-state index contributed by atoms with van der Waals surface area (Å²) in [6.07, 6.45) is 19.5. The molecule has 0 unspecified atom stereocenters. The Hall–Kier alpha value is -0.0800. The first-order valence-corrected chi connectivity index (χ1v) is 8.57. The molecule has 0 bridgehead atoms. The lowest BCUT2D eigenvalue weighted by molar-refractivity contribution is -0.272. The maximum atomic E-state index is 4.84. The highest BCUT2D eigenvalue weighted by atomic mass is 17.2. The van der Waals surface area contributed by atoms with Crippen LogP contribution in [0.3, 0.4) is 0 Å². The molecule has 0 radical (unpaired) electrons. The largest absolute Gasteiger partial charge is 0.240 e. The Morgan fingerprint density at radius 1 is 0.526 bits per heavy atom. The van der Waals surface area contributed by atoms with Gasteiger partial charge in [-0.25, -0.2) is 9.78 Å². The molecule has 0 N–H and O–H groups in total. The van der Waals surface area contributed by atoms with Crippen molar-refractivity contribution in [3.8, 4) is 0 Å². The van der Waals surface area contributed by atoms with Gasteiger partial charge in [-0.3, -0.25) is 0 Å². The van der Waals surface area contributed by atoms with Gasteiger partial charge in [0.2, 0.25) is 0 Å². The van der Waals surface area contributed by atoms with Crippen molar-refractivity contribution in [1.82, 2.24) is 0 Å². The van der Waals surface area contributed by atoms with Crippen LogP contribution in [0.4, 0.5) is 0 Å². The van der Waals surface area contributed by atoms with Gasteiger partial charge in [-0.1, -0.05) is 90.4 Å². The predicted octanol–water partition coefficient (Wildman–Crippen LogP) is 6.05. The summed E-state index contributed by atoms with van der Waals surface area (Å²) in [7, 11) is 1.57. The van der Waals surface area contributed by atoms with Crippen LogP contribution in [0.25, 0.3) is 0 Å². The van der Waals surface area contributed by atoms with E-state index in [1.54, 1.807) is 7.11 Å². The smallest absolute Gasteiger partial charge is 0.0822 e. The molecule has 0 amide bonds. The molecule has 2 heteroatoms. The molecule has 0 atom stereocenters. The van der Waals surface area contributed by atoms with Crippen LogP contribution in [0.15, 0.2) is 0 Å². The van der Waals surface area contributed by atoms with E-state index in [2.05, 4.69) is 11.8 Å². The predicted molar refractivity (Wildman–Crippen MR) is 83.3 cm³/mol. The molecular weight excluding hydrogens is 236 g/mol. The molecule has 0 heterocycles. The lowest BCUT2D eigenvalue weighted by atomic mass is 10.0. The molecule has 0 saturated heterocycles. The molecule has 0 spiro atoms. The van der Waals surface area contributed by atoms with E-state index >= 15 is 0 Å². The van der Waals surface area contributed by atoms with Crippen molar-refractivity contribution in [3.63, 3.8) is 0 Å². The van der Waals surface area contributed by atoms with Crippen LogP contribution in [-0.2, 0) is 9.78 Å². The number of hydrogen-bond donors (Lipinski definition) is 0. The van der Waals surface area contributed by atoms with Crippen LogP contribution >= 0.6 is 0 Å². The molecule has 0 aliphatic carbocycles. The third-order valence-electron chi connectivity index (χ3n) is 3.70. The van der Waals surface area contributed by atoms with Crippen LogP contribution in [0.2, 0.25) is 0 Å². The zero-order valence-electron chi connectivity index (χ0n) is 13.4. The first-order valence-electron chi connectivity index (χ1n) is 8.57. The summed E-state index contributed by atoms with van der Waals surface area (Å²) in [5.74, 6) is 0. The van der Waals surface area contributed by atoms with Crippen LogP contribution in [-0.4, -0.2) is 13.7 Å². The Kier molecular flexibility index (Phi) is 17.8. The first kappa shape index (κ1) is 18.9. The van der Waals surface area contributed by atoms with E-state index < -0.39 is 0 Å². The van der Waals surface area contributed by atoms with Crippen molar-refractivity contribution >= 4 is 0 Å². The van der Waals surface area contributed by atoms with E-state index in [1.807, 2.05) is 0 Å². The molecule has 0 aromatic carbocycles. The van der Waals surface area contributed by atoms with E-state index in [0.717, 1.165) is 13.0 Å². The molecule has 0 rings (SSSR count). The third-order valence-corrected chi connectivity index (χ3v) is 3.70. The quantitative estimate of drug-likeness (QED) is 0.193. The minimum absolute atomic E-state index is 0.745. The van der Waals surface area contributed by atoms with Crippen LogP contribution < -0.4 is 0 Å². The third kappa shape index (κ3) is 17.9. The van der Waals surface area contributed by atoms with Gasteiger partial charge in [-0.2, -0.15) is 0 Å². The Labute approximate surface area is 121 Å². The molecule has 0 aromatic rings. The lowest BCUT2D eigenvalue weighted by Crippen LogP contribution is -1.92. The highest BCUT2D eigenvalue weighted by Gasteiger charge is 1.94. The summed E-state index contributed by atoms with van der Waals surface area (Å²) in [6, 6.07) is 0. The van der Waals surface area contributed by atoms with Gasteiger partial charge in [-0.05, 0) is 6.42 Å². The Morgan fingerprint density at radius 3 is 1.26 bits per heavy atom. The van der Waals surface area contributed by atoms with E-state index in [4.69, 9.17) is 4.89 Å². The summed E-state index contributed by atoms with van der Waals surface area (Å²) in [5, 5.41) is 0. The van der Waals surface area contributed by atoms with Gasteiger partial charge >= 0.3 is 0 Å². The standard InChI is InChI=1S/C17H36O2/c1-3-4-5-6-7-8-9-10-11-12-13-14-15-16-17-19-18-2/h3-17H2,1-2H3. The van der Waals surface area contributed by atoms with Crippen molar-refractivity contribution in [2.45, 2.75) is 96.8 Å². The maximum Gasteiger partial charge on any atom is 0.0822 e. The second kappa shape index (κ2) is 17.9. The molecule has 2 nitrogen and oxygen atoms in total. The Morgan fingerprint density at radius 2 is 0.895 bits per heavy atom. The molecule has 0 aliphatic heterocycles. The van der Waals surface area contributed by atoms with Crippen LogP contribution in [0.1, 0.15) is 96.8 Å². The number of unbranched alkanes of at least 4 members (excludes halogenated alkanes) is 13. The molecule has 116 valence electrons. The summed E-state index contributed by atoms with van der Waals surface area (Å²) < 4.78 is 0. The Balaban J connectivity index is 2.88. The summed E-state index contributed by atoms with van der Waals surface area (Å²) in [5.41, 5.74) is 0. The first-order chi connectivity index (χ1) is 9.41. The minimum Gasteiger partial charge on any atom is -0.240 e. The molecule has 0 aromatic heterocycles. The summed E-state index contributed by atoms with van der Waals surface area (Å²) >= 11 is 0. The average molecular weight is 272 g/mol. The molecule has 19 heavy (non-hydrogen) atoms. The zero-order chi connectivity index (χ0) is 14.0. The topological polar surface area (TPSA) is 18.5 Å². The van der Waals surface area contributed by atoms with E-state index in [9.17, 15) is 0 Å². The van der Waals surface area contributed by atoms with Gasteiger partial charge < -0.3 is 0 Å². The van der Waals surface area contributed by atoms with Gasteiger partial charge in [0.1, 0.15) is 0 Å². The molecule has 0 aliphatic rings. The van der Waals surface area contributed by atoms with Crippen LogP contribution in [0.5, 0.6) is 0 Å². The lowest BCUT2D eigenvalue weighted by Gasteiger charge is -2.03. The normalized spacial score (nSPS) is 11.1. The Bertz CT molecular complexity index is 132.